The average molecular weight is 202 g/mol. The predicted molar refractivity (Wildman–Crippen MR) is 51.9 cm³/mol. The molecule has 0 saturated heterocycles. The van der Waals surface area contributed by atoms with Crippen molar-refractivity contribution >= 4 is 6.29 Å². The standard InChI is InChI=1S/C11H14O.K.H/c1-9(2)11-5-3-4-10(8-12)6-7-11;;/h3-10H,1-2H3;;/q;+1;-1. The van der Waals surface area contributed by atoms with Crippen LogP contribution in [0.5, 0.6) is 0 Å². The molecular formula is C11H15KO. The SMILES string of the molecule is CC(C)C1=CC=CC(C=O)C=C1.[H-].[K+]. The Labute approximate surface area is 124 Å². The Bertz CT molecular complexity index is 254. The van der Waals surface area contributed by atoms with Crippen LogP contribution >= 0.6 is 0 Å². The van der Waals surface area contributed by atoms with Crippen LogP contribution < -0.4 is 51.4 Å². The monoisotopic (exact) mass is 202 g/mol. The van der Waals surface area contributed by atoms with Gasteiger partial charge in [-0.15, -0.1) is 0 Å². The normalized spacial score (nSPS) is 20.5. The molecule has 0 aliphatic heterocycles. The van der Waals surface area contributed by atoms with Gasteiger partial charge in [-0.2, -0.15) is 0 Å². The van der Waals surface area contributed by atoms with E-state index < -0.39 is 0 Å². The summed E-state index contributed by atoms with van der Waals surface area (Å²) in [6.07, 6.45) is 10.8. The first kappa shape index (κ1) is 13.5. The molecule has 13 heavy (non-hydrogen) atoms. The molecule has 1 nitrogen and oxygen atoms in total. The van der Waals surface area contributed by atoms with Crippen LogP contribution in [0.2, 0.25) is 0 Å². The summed E-state index contributed by atoms with van der Waals surface area (Å²) in [5, 5.41) is 0. The predicted octanol–water partition coefficient (Wildman–Crippen LogP) is -0.374. The average Bonchev–Trinajstić information content (AvgIpc) is 2.28. The van der Waals surface area contributed by atoms with Crippen LogP contribution in [0.1, 0.15) is 15.3 Å². The molecule has 2 heteroatoms. The summed E-state index contributed by atoms with van der Waals surface area (Å²) >= 11 is 0. The molecule has 0 fully saturated rings. The molecule has 66 valence electrons. The maximum atomic E-state index is 10.5. The maximum absolute atomic E-state index is 10.5. The third-order valence-electron chi connectivity index (χ3n) is 1.96. The van der Waals surface area contributed by atoms with Gasteiger partial charge >= 0.3 is 51.4 Å². The summed E-state index contributed by atoms with van der Waals surface area (Å²) in [4.78, 5) is 10.5. The molecule has 0 amide bonds. The van der Waals surface area contributed by atoms with Crippen LogP contribution in [0.4, 0.5) is 0 Å². The summed E-state index contributed by atoms with van der Waals surface area (Å²) in [5.41, 5.74) is 1.27. The molecule has 1 aliphatic carbocycles. The van der Waals surface area contributed by atoms with Gasteiger partial charge in [0.1, 0.15) is 6.29 Å². The molecule has 0 radical (unpaired) electrons. The fourth-order valence-electron chi connectivity index (χ4n) is 1.11. The van der Waals surface area contributed by atoms with E-state index in [2.05, 4.69) is 19.9 Å². The fourth-order valence-corrected chi connectivity index (χ4v) is 1.11. The molecule has 1 unspecified atom stereocenters. The topological polar surface area (TPSA) is 17.1 Å². The van der Waals surface area contributed by atoms with Crippen molar-refractivity contribution < 1.29 is 57.6 Å². The van der Waals surface area contributed by atoms with Crippen LogP contribution in [0.25, 0.3) is 0 Å². The van der Waals surface area contributed by atoms with Crippen molar-refractivity contribution in [2.75, 3.05) is 0 Å². The smallest absolute Gasteiger partial charge is 1.00 e. The first-order valence-corrected chi connectivity index (χ1v) is 4.26. The van der Waals surface area contributed by atoms with Crippen LogP contribution in [0.3, 0.4) is 0 Å². The molecule has 1 atom stereocenters. The Balaban J connectivity index is 0. The first-order chi connectivity index (χ1) is 5.74. The van der Waals surface area contributed by atoms with Gasteiger partial charge in [-0.3, -0.25) is 0 Å². The van der Waals surface area contributed by atoms with Gasteiger partial charge in [0.15, 0.2) is 0 Å². The van der Waals surface area contributed by atoms with Gasteiger partial charge in [0, 0.05) is 0 Å². The molecule has 0 bridgehead atoms. The summed E-state index contributed by atoms with van der Waals surface area (Å²) in [5.74, 6) is 0.480. The Morgan fingerprint density at radius 1 is 1.46 bits per heavy atom. The molecule has 0 aromatic rings. The summed E-state index contributed by atoms with van der Waals surface area (Å²) < 4.78 is 0. The second-order valence-corrected chi connectivity index (χ2v) is 3.28. The number of aldehydes is 1. The van der Waals surface area contributed by atoms with Crippen molar-refractivity contribution in [1.82, 2.24) is 0 Å². The second kappa shape index (κ2) is 6.90. The Kier molecular flexibility index (Phi) is 7.18. The van der Waals surface area contributed by atoms with Crippen molar-refractivity contribution in [3.05, 3.63) is 36.0 Å². The Morgan fingerprint density at radius 3 is 2.69 bits per heavy atom. The maximum Gasteiger partial charge on any atom is 1.00 e. The minimum absolute atomic E-state index is 0. The van der Waals surface area contributed by atoms with E-state index >= 15 is 0 Å². The van der Waals surface area contributed by atoms with Crippen molar-refractivity contribution in [3.8, 4) is 0 Å². The summed E-state index contributed by atoms with van der Waals surface area (Å²) in [6.45, 7) is 4.29. The van der Waals surface area contributed by atoms with Gasteiger partial charge in [-0.1, -0.05) is 44.2 Å². The summed E-state index contributed by atoms with van der Waals surface area (Å²) in [7, 11) is 0. The van der Waals surface area contributed by atoms with Crippen molar-refractivity contribution in [1.29, 1.82) is 0 Å². The van der Waals surface area contributed by atoms with E-state index in [1.807, 2.05) is 24.3 Å². The summed E-state index contributed by atoms with van der Waals surface area (Å²) in [6, 6.07) is 0. The van der Waals surface area contributed by atoms with Crippen molar-refractivity contribution in [2.45, 2.75) is 13.8 Å². The molecule has 1 aliphatic rings. The second-order valence-electron chi connectivity index (χ2n) is 3.28. The quantitative estimate of drug-likeness (QED) is 0.441. The van der Waals surface area contributed by atoms with Crippen LogP contribution in [0.15, 0.2) is 36.0 Å². The van der Waals surface area contributed by atoms with Gasteiger partial charge in [0.05, 0.1) is 5.92 Å². The Morgan fingerprint density at radius 2 is 2.15 bits per heavy atom. The van der Waals surface area contributed by atoms with Crippen LogP contribution in [-0.2, 0) is 4.79 Å². The van der Waals surface area contributed by atoms with Crippen LogP contribution in [-0.4, -0.2) is 6.29 Å². The number of hydrogen-bond donors (Lipinski definition) is 0. The van der Waals surface area contributed by atoms with E-state index in [9.17, 15) is 4.79 Å². The van der Waals surface area contributed by atoms with Gasteiger partial charge in [-0.25, -0.2) is 0 Å². The third-order valence-corrected chi connectivity index (χ3v) is 1.96. The van der Waals surface area contributed by atoms with E-state index in [0.29, 0.717) is 5.92 Å². The minimum Gasteiger partial charge on any atom is -1.00 e. The van der Waals surface area contributed by atoms with E-state index in [4.69, 9.17) is 0 Å². The van der Waals surface area contributed by atoms with Crippen LogP contribution in [0, 0.1) is 11.8 Å². The molecule has 0 spiro atoms. The Hall–Kier alpha value is 0.526. The molecule has 0 aromatic heterocycles. The van der Waals surface area contributed by atoms with Gasteiger partial charge in [-0.05, 0) is 11.5 Å². The molecule has 0 heterocycles. The largest absolute Gasteiger partial charge is 1.00 e. The zero-order valence-corrected chi connectivity index (χ0v) is 11.7. The van der Waals surface area contributed by atoms with E-state index in [-0.39, 0.29) is 58.7 Å². The molecule has 0 N–H and O–H groups in total. The van der Waals surface area contributed by atoms with Gasteiger partial charge in [0.25, 0.3) is 0 Å². The van der Waals surface area contributed by atoms with Gasteiger partial charge < -0.3 is 6.22 Å². The first-order valence-electron chi connectivity index (χ1n) is 4.26. The van der Waals surface area contributed by atoms with Gasteiger partial charge in [0.2, 0.25) is 0 Å². The fraction of sp³-hybridized carbons (Fsp3) is 0.364. The molecule has 1 rings (SSSR count). The molecule has 0 saturated carbocycles. The number of allylic oxidation sites excluding steroid dienone is 6. The van der Waals surface area contributed by atoms with E-state index in [0.717, 1.165) is 6.29 Å². The zero-order chi connectivity index (χ0) is 8.97. The van der Waals surface area contributed by atoms with E-state index in [1.165, 1.54) is 5.57 Å². The van der Waals surface area contributed by atoms with Crippen molar-refractivity contribution in [2.24, 2.45) is 11.8 Å². The van der Waals surface area contributed by atoms with Crippen molar-refractivity contribution in [3.63, 3.8) is 0 Å². The minimum atomic E-state index is -0.0440. The number of rotatable bonds is 2. The zero-order valence-electron chi connectivity index (χ0n) is 9.53. The molecular weight excluding hydrogens is 187 g/mol. The number of carbonyl (C=O) groups is 1. The van der Waals surface area contributed by atoms with E-state index in [1.54, 1.807) is 0 Å². The third kappa shape index (κ3) is 4.52. The molecule has 0 aromatic carbocycles. The number of hydrogen-bond acceptors (Lipinski definition) is 1. The number of carbonyl (C=O) groups excluding carboxylic acids is 1.